The Hall–Kier alpha value is -2.96. The molecule has 2 heterocycles. The number of anilines is 2. The van der Waals surface area contributed by atoms with Crippen molar-refractivity contribution in [1.29, 1.82) is 0 Å². The molecule has 0 aliphatic carbocycles. The molecule has 7 nitrogen and oxygen atoms in total. The van der Waals surface area contributed by atoms with Crippen molar-refractivity contribution in [2.75, 3.05) is 10.2 Å². The van der Waals surface area contributed by atoms with Crippen LogP contribution in [-0.2, 0) is 16.1 Å². The van der Waals surface area contributed by atoms with Crippen LogP contribution in [0.2, 0.25) is 0 Å². The van der Waals surface area contributed by atoms with Crippen LogP contribution in [0.5, 0.6) is 0 Å². The van der Waals surface area contributed by atoms with Gasteiger partial charge in [-0.1, -0.05) is 0 Å². The number of nitrogens with one attached hydrogen (secondary N) is 1. The second kappa shape index (κ2) is 6.27. The van der Waals surface area contributed by atoms with E-state index in [1.165, 1.54) is 0 Å². The zero-order valence-electron chi connectivity index (χ0n) is 13.6. The summed E-state index contributed by atoms with van der Waals surface area (Å²) in [7, 11) is 0. The average Bonchev–Trinajstić information content (AvgIpc) is 3.09. The molecule has 1 aliphatic rings. The predicted molar refractivity (Wildman–Crippen MR) is 88.8 cm³/mol. The molecule has 1 aromatic heterocycles. The monoisotopic (exact) mass is 326 g/mol. The minimum absolute atomic E-state index is 0.209. The maximum Gasteiger partial charge on any atom is 0.256 e. The number of carbonyl (C=O) groups excluding carboxylic acids is 3. The van der Waals surface area contributed by atoms with Crippen molar-refractivity contribution in [3.05, 3.63) is 41.6 Å². The van der Waals surface area contributed by atoms with E-state index in [9.17, 15) is 14.4 Å². The van der Waals surface area contributed by atoms with Gasteiger partial charge in [-0.25, -0.2) is 4.68 Å². The van der Waals surface area contributed by atoms with Crippen molar-refractivity contribution in [2.24, 2.45) is 0 Å². The Labute approximate surface area is 139 Å². The number of hydrogen-bond donors (Lipinski definition) is 1. The Balaban J connectivity index is 1.76. The fourth-order valence-electron chi connectivity index (χ4n) is 2.70. The highest BCUT2D eigenvalue weighted by Crippen LogP contribution is 2.23. The summed E-state index contributed by atoms with van der Waals surface area (Å²) in [5.74, 6) is -0.0525. The van der Waals surface area contributed by atoms with E-state index >= 15 is 0 Å². The Morgan fingerprint density at radius 1 is 1.17 bits per heavy atom. The molecule has 1 fully saturated rings. The van der Waals surface area contributed by atoms with Crippen LogP contribution in [0.1, 0.15) is 35.8 Å². The first-order chi connectivity index (χ1) is 11.5. The largest absolute Gasteiger partial charge is 0.307 e. The molecule has 3 rings (SSSR count). The molecule has 24 heavy (non-hydrogen) atoms. The summed E-state index contributed by atoms with van der Waals surface area (Å²) in [6, 6.07) is 8.22. The highest BCUT2D eigenvalue weighted by Gasteiger charge is 2.30. The molecule has 0 radical (unpaired) electrons. The highest BCUT2D eigenvalue weighted by molar-refractivity contribution is 6.20. The van der Waals surface area contributed by atoms with Crippen molar-refractivity contribution in [3.63, 3.8) is 0 Å². The zero-order chi connectivity index (χ0) is 17.3. The van der Waals surface area contributed by atoms with Gasteiger partial charge in [-0.05, 0) is 38.1 Å². The molecule has 1 saturated heterocycles. The van der Waals surface area contributed by atoms with Gasteiger partial charge in [0.2, 0.25) is 11.8 Å². The maximum absolute atomic E-state index is 12.4. The topological polar surface area (TPSA) is 84.3 Å². The lowest BCUT2D eigenvalue weighted by Crippen LogP contribution is -2.28. The number of rotatable bonds is 4. The van der Waals surface area contributed by atoms with E-state index in [0.29, 0.717) is 23.6 Å². The third kappa shape index (κ3) is 2.92. The van der Waals surface area contributed by atoms with E-state index in [0.717, 1.165) is 10.6 Å². The molecule has 2 aromatic rings. The number of amides is 3. The van der Waals surface area contributed by atoms with Gasteiger partial charge >= 0.3 is 0 Å². The summed E-state index contributed by atoms with van der Waals surface area (Å²) in [4.78, 5) is 37.0. The van der Waals surface area contributed by atoms with Crippen LogP contribution in [0, 0.1) is 6.92 Å². The van der Waals surface area contributed by atoms with Crippen molar-refractivity contribution >= 4 is 29.2 Å². The number of benzene rings is 1. The molecule has 124 valence electrons. The molecule has 0 spiro atoms. The van der Waals surface area contributed by atoms with Crippen LogP contribution in [-0.4, -0.2) is 27.5 Å². The minimum Gasteiger partial charge on any atom is -0.307 e. The van der Waals surface area contributed by atoms with Crippen LogP contribution in [0.15, 0.2) is 30.3 Å². The predicted octanol–water partition coefficient (Wildman–Crippen LogP) is 2.12. The summed E-state index contributed by atoms with van der Waals surface area (Å²) in [5, 5.41) is 7.10. The van der Waals surface area contributed by atoms with Gasteiger partial charge in [0.1, 0.15) is 5.82 Å². The first-order valence-corrected chi connectivity index (χ1v) is 7.81. The number of nitrogens with zero attached hydrogens (tertiary/aromatic N) is 3. The maximum atomic E-state index is 12.4. The molecule has 1 aromatic carbocycles. The van der Waals surface area contributed by atoms with Crippen molar-refractivity contribution in [2.45, 2.75) is 33.2 Å². The quantitative estimate of drug-likeness (QED) is 0.872. The number of carbonyl (C=O) groups is 3. The van der Waals surface area contributed by atoms with E-state index in [4.69, 9.17) is 0 Å². The van der Waals surface area contributed by atoms with Gasteiger partial charge in [-0.15, -0.1) is 0 Å². The molecule has 0 unspecified atom stereocenters. The Morgan fingerprint density at radius 2 is 1.79 bits per heavy atom. The molecule has 3 amide bonds. The van der Waals surface area contributed by atoms with Gasteiger partial charge in [0.15, 0.2) is 0 Å². The van der Waals surface area contributed by atoms with E-state index in [1.54, 1.807) is 35.0 Å². The third-order valence-electron chi connectivity index (χ3n) is 3.88. The second-order valence-electron chi connectivity index (χ2n) is 5.61. The SMILES string of the molecule is CCn1nc(C)cc1NC(=O)c1ccc(N2C(=O)CCC2=O)cc1. The third-order valence-corrected chi connectivity index (χ3v) is 3.88. The van der Waals surface area contributed by atoms with Crippen LogP contribution >= 0.6 is 0 Å². The van der Waals surface area contributed by atoms with Gasteiger partial charge in [0.25, 0.3) is 5.91 Å². The Kier molecular flexibility index (Phi) is 4.16. The van der Waals surface area contributed by atoms with Gasteiger partial charge < -0.3 is 5.32 Å². The van der Waals surface area contributed by atoms with Crippen molar-refractivity contribution in [1.82, 2.24) is 9.78 Å². The van der Waals surface area contributed by atoms with Crippen LogP contribution in [0.3, 0.4) is 0 Å². The minimum atomic E-state index is -0.268. The van der Waals surface area contributed by atoms with E-state index in [1.807, 2.05) is 13.8 Å². The molecule has 1 N–H and O–H groups in total. The lowest BCUT2D eigenvalue weighted by atomic mass is 10.2. The van der Waals surface area contributed by atoms with Crippen LogP contribution in [0.4, 0.5) is 11.5 Å². The smallest absolute Gasteiger partial charge is 0.256 e. The van der Waals surface area contributed by atoms with Crippen molar-refractivity contribution < 1.29 is 14.4 Å². The van der Waals surface area contributed by atoms with Gasteiger partial charge in [-0.3, -0.25) is 19.3 Å². The molecule has 0 saturated carbocycles. The van der Waals surface area contributed by atoms with E-state index in [2.05, 4.69) is 10.4 Å². The average molecular weight is 326 g/mol. The lowest BCUT2D eigenvalue weighted by Gasteiger charge is -2.14. The van der Waals surface area contributed by atoms with Gasteiger partial charge in [0, 0.05) is 31.0 Å². The number of aryl methyl sites for hydroxylation is 2. The summed E-state index contributed by atoms with van der Waals surface area (Å²) in [6.07, 6.45) is 0.475. The first-order valence-electron chi connectivity index (χ1n) is 7.81. The van der Waals surface area contributed by atoms with Crippen molar-refractivity contribution in [3.8, 4) is 0 Å². The second-order valence-corrected chi connectivity index (χ2v) is 5.61. The highest BCUT2D eigenvalue weighted by atomic mass is 16.2. The number of aromatic nitrogens is 2. The van der Waals surface area contributed by atoms with E-state index < -0.39 is 0 Å². The summed E-state index contributed by atoms with van der Waals surface area (Å²) < 4.78 is 1.71. The lowest BCUT2D eigenvalue weighted by molar-refractivity contribution is -0.121. The fraction of sp³-hybridized carbons (Fsp3) is 0.294. The summed E-state index contributed by atoms with van der Waals surface area (Å²) in [5.41, 5.74) is 1.77. The van der Waals surface area contributed by atoms with Gasteiger partial charge in [-0.2, -0.15) is 5.10 Å². The Bertz CT molecular complexity index is 792. The van der Waals surface area contributed by atoms with E-state index in [-0.39, 0.29) is 30.6 Å². The molecular weight excluding hydrogens is 308 g/mol. The van der Waals surface area contributed by atoms with Crippen LogP contribution < -0.4 is 10.2 Å². The summed E-state index contributed by atoms with van der Waals surface area (Å²) >= 11 is 0. The fourth-order valence-corrected chi connectivity index (χ4v) is 2.70. The zero-order valence-corrected chi connectivity index (χ0v) is 13.6. The molecular formula is C17H18N4O3. The molecule has 1 aliphatic heterocycles. The number of hydrogen-bond acceptors (Lipinski definition) is 4. The first kappa shape index (κ1) is 15.9. The van der Waals surface area contributed by atoms with Crippen LogP contribution in [0.25, 0.3) is 0 Å². The normalized spacial score (nSPS) is 14.3. The summed E-state index contributed by atoms with van der Waals surface area (Å²) in [6.45, 7) is 4.46. The number of imide groups is 1. The standard InChI is InChI=1S/C17H18N4O3/c1-3-20-14(10-11(2)19-20)18-17(24)12-4-6-13(7-5-12)21-15(22)8-9-16(21)23/h4-7,10H,3,8-9H2,1-2H3,(H,18,24). The molecule has 0 bridgehead atoms. The molecule has 7 heteroatoms. The van der Waals surface area contributed by atoms with Gasteiger partial charge in [0.05, 0.1) is 11.4 Å². The molecule has 0 atom stereocenters. The Morgan fingerprint density at radius 3 is 2.38 bits per heavy atom.